The molecule has 0 bridgehead atoms. The van der Waals surface area contributed by atoms with Crippen LogP contribution in [0.5, 0.6) is 0 Å². The van der Waals surface area contributed by atoms with Crippen molar-refractivity contribution < 1.29 is 13.0 Å². The van der Waals surface area contributed by atoms with Crippen LogP contribution in [0, 0.1) is 0 Å². The summed E-state index contributed by atoms with van der Waals surface area (Å²) < 4.78 is 38.1. The zero-order valence-corrected chi connectivity index (χ0v) is 9.06. The molecule has 0 atom stereocenters. The number of rotatable bonds is 1. The molecule has 0 radical (unpaired) electrons. The van der Waals surface area contributed by atoms with E-state index in [1.54, 1.807) is 6.07 Å². The van der Waals surface area contributed by atoms with Crippen LogP contribution < -0.4 is 0 Å². The van der Waals surface area contributed by atoms with E-state index in [2.05, 4.69) is 8.75 Å². The average Bonchev–Trinajstić information content (AvgIpc) is 2.48. The smallest absolute Gasteiger partial charge is 0.282 e. The Bertz CT molecular complexity index is 551. The third-order valence-electron chi connectivity index (χ3n) is 1.53. The molecule has 1 aromatic carbocycles. The van der Waals surface area contributed by atoms with E-state index < -0.39 is 10.1 Å². The fourth-order valence-electron chi connectivity index (χ4n) is 0.990. The summed E-state index contributed by atoms with van der Waals surface area (Å²) in [5.74, 6) is 0. The molecule has 0 amide bonds. The van der Waals surface area contributed by atoms with Crippen molar-refractivity contribution in [2.24, 2.45) is 0 Å². The average molecular weight is 253 g/mol. The lowest BCUT2D eigenvalue weighted by Gasteiger charge is -1.95. The molecule has 2 aromatic rings. The lowest BCUT2D eigenvalue weighted by molar-refractivity contribution is 0.484. The van der Waals surface area contributed by atoms with Gasteiger partial charge in [-0.3, -0.25) is 4.55 Å². The van der Waals surface area contributed by atoms with Crippen LogP contribution in [0.2, 0.25) is 0 Å². The van der Waals surface area contributed by atoms with Crippen LogP contribution in [0.3, 0.4) is 0 Å². The molecule has 0 saturated carbocycles. The van der Waals surface area contributed by atoms with Crippen LogP contribution >= 0.6 is 24.1 Å². The van der Waals surface area contributed by atoms with Crippen molar-refractivity contribution in [1.29, 1.82) is 0 Å². The number of hydrogen-bond donors (Lipinski definition) is 1. The number of halogens is 1. The van der Waals surface area contributed by atoms with E-state index in [0.29, 0.717) is 5.52 Å². The normalized spacial score (nSPS) is 11.2. The van der Waals surface area contributed by atoms with Crippen LogP contribution in [-0.2, 0) is 10.1 Å². The SMILES string of the molecule is Cl.O=S(=O)(O)c1cccc2nsnc12. The van der Waals surface area contributed by atoms with Crippen molar-refractivity contribution in [2.45, 2.75) is 4.90 Å². The second kappa shape index (κ2) is 3.77. The van der Waals surface area contributed by atoms with E-state index in [4.69, 9.17) is 4.55 Å². The Kier molecular flexibility index (Phi) is 3.05. The van der Waals surface area contributed by atoms with Gasteiger partial charge in [-0.2, -0.15) is 17.2 Å². The molecule has 5 nitrogen and oxygen atoms in total. The van der Waals surface area contributed by atoms with Gasteiger partial charge in [0.2, 0.25) is 0 Å². The Morgan fingerprint density at radius 1 is 1.29 bits per heavy atom. The van der Waals surface area contributed by atoms with E-state index in [0.717, 1.165) is 11.7 Å². The Labute approximate surface area is 90.3 Å². The molecule has 1 heterocycles. The molecule has 8 heteroatoms. The van der Waals surface area contributed by atoms with Crippen molar-refractivity contribution in [2.75, 3.05) is 0 Å². The summed E-state index contributed by atoms with van der Waals surface area (Å²) in [5.41, 5.74) is 0.690. The van der Waals surface area contributed by atoms with Gasteiger partial charge in [0.15, 0.2) is 0 Å². The van der Waals surface area contributed by atoms with Crippen LogP contribution in [0.15, 0.2) is 23.1 Å². The summed E-state index contributed by atoms with van der Waals surface area (Å²) in [6.45, 7) is 0. The van der Waals surface area contributed by atoms with Crippen molar-refractivity contribution in [1.82, 2.24) is 8.75 Å². The number of fused-ring (bicyclic) bond motifs is 1. The maximum Gasteiger partial charge on any atom is 0.296 e. The van der Waals surface area contributed by atoms with Gasteiger partial charge in [-0.1, -0.05) is 6.07 Å². The molecule has 0 aliphatic carbocycles. The molecule has 1 N–H and O–H groups in total. The van der Waals surface area contributed by atoms with Crippen molar-refractivity contribution in [3.8, 4) is 0 Å². The van der Waals surface area contributed by atoms with Gasteiger partial charge >= 0.3 is 0 Å². The largest absolute Gasteiger partial charge is 0.296 e. The second-order valence-corrected chi connectivity index (χ2v) is 4.28. The minimum Gasteiger partial charge on any atom is -0.282 e. The summed E-state index contributed by atoms with van der Waals surface area (Å²) in [7, 11) is -4.20. The molecule has 0 aliphatic heterocycles. The lowest BCUT2D eigenvalue weighted by atomic mass is 10.3. The van der Waals surface area contributed by atoms with Gasteiger partial charge in [-0.25, -0.2) is 0 Å². The van der Waals surface area contributed by atoms with E-state index in [1.165, 1.54) is 12.1 Å². The molecule has 14 heavy (non-hydrogen) atoms. The summed E-state index contributed by atoms with van der Waals surface area (Å²) in [4.78, 5) is -0.196. The van der Waals surface area contributed by atoms with Gasteiger partial charge in [0.25, 0.3) is 10.1 Å². The standard InChI is InChI=1S/C6H4N2O3S2.ClH/c9-13(10,11)5-3-1-2-4-6(5)8-12-7-4;/h1-3H,(H,9,10,11);1H. The minimum atomic E-state index is -4.20. The first-order chi connectivity index (χ1) is 6.09. The quantitative estimate of drug-likeness (QED) is 0.775. The topological polar surface area (TPSA) is 80.2 Å². The first-order valence-electron chi connectivity index (χ1n) is 3.28. The van der Waals surface area contributed by atoms with Crippen LogP contribution in [0.4, 0.5) is 0 Å². The van der Waals surface area contributed by atoms with Crippen LogP contribution in [-0.4, -0.2) is 21.7 Å². The second-order valence-electron chi connectivity index (χ2n) is 2.36. The zero-order chi connectivity index (χ0) is 9.47. The van der Waals surface area contributed by atoms with Gasteiger partial charge in [0.1, 0.15) is 15.9 Å². The number of benzene rings is 1. The fourth-order valence-corrected chi connectivity index (χ4v) is 2.24. The number of aromatic nitrogens is 2. The first-order valence-corrected chi connectivity index (χ1v) is 5.45. The van der Waals surface area contributed by atoms with Crippen molar-refractivity contribution in [3.63, 3.8) is 0 Å². The van der Waals surface area contributed by atoms with Gasteiger partial charge in [0.05, 0.1) is 11.7 Å². The molecule has 0 unspecified atom stereocenters. The van der Waals surface area contributed by atoms with E-state index in [9.17, 15) is 8.42 Å². The lowest BCUT2D eigenvalue weighted by Crippen LogP contribution is -1.98. The van der Waals surface area contributed by atoms with Crippen LogP contribution in [0.25, 0.3) is 11.0 Å². The molecule has 76 valence electrons. The monoisotopic (exact) mass is 252 g/mol. The third-order valence-corrected chi connectivity index (χ3v) is 2.95. The molecule has 0 aliphatic rings. The van der Waals surface area contributed by atoms with Crippen molar-refractivity contribution in [3.05, 3.63) is 18.2 Å². The molecular formula is C6H5ClN2O3S2. The maximum atomic E-state index is 10.8. The number of nitrogens with zero attached hydrogens (tertiary/aromatic N) is 2. The third kappa shape index (κ3) is 1.85. The summed E-state index contributed by atoms with van der Waals surface area (Å²) in [6, 6.07) is 4.43. The molecular weight excluding hydrogens is 248 g/mol. The molecule has 0 fully saturated rings. The fraction of sp³-hybridized carbons (Fsp3) is 0. The molecule has 0 spiro atoms. The van der Waals surface area contributed by atoms with E-state index in [-0.39, 0.29) is 22.8 Å². The van der Waals surface area contributed by atoms with Gasteiger partial charge < -0.3 is 0 Å². The Balaban J connectivity index is 0.000000980. The Hall–Kier alpha value is -0.760. The Morgan fingerprint density at radius 2 is 2.00 bits per heavy atom. The predicted octanol–water partition coefficient (Wildman–Crippen LogP) is 1.36. The predicted molar refractivity (Wildman–Crippen MR) is 54.5 cm³/mol. The number of hydrogen-bond acceptors (Lipinski definition) is 5. The highest BCUT2D eigenvalue weighted by Crippen LogP contribution is 2.20. The summed E-state index contributed by atoms with van der Waals surface area (Å²) in [6.07, 6.45) is 0. The van der Waals surface area contributed by atoms with Gasteiger partial charge in [0, 0.05) is 0 Å². The summed E-state index contributed by atoms with van der Waals surface area (Å²) >= 11 is 0.908. The Morgan fingerprint density at radius 3 is 2.64 bits per heavy atom. The molecule has 2 rings (SSSR count). The van der Waals surface area contributed by atoms with Gasteiger partial charge in [-0.05, 0) is 12.1 Å². The highest BCUT2D eigenvalue weighted by atomic mass is 35.5. The first kappa shape index (κ1) is 11.3. The highest BCUT2D eigenvalue weighted by molar-refractivity contribution is 7.86. The zero-order valence-electron chi connectivity index (χ0n) is 6.61. The van der Waals surface area contributed by atoms with Crippen molar-refractivity contribution >= 4 is 45.3 Å². The van der Waals surface area contributed by atoms with Crippen LogP contribution in [0.1, 0.15) is 0 Å². The molecule has 1 aromatic heterocycles. The minimum absolute atomic E-state index is 0. The maximum absolute atomic E-state index is 10.8. The highest BCUT2D eigenvalue weighted by Gasteiger charge is 2.15. The molecule has 0 saturated heterocycles. The van der Waals surface area contributed by atoms with E-state index in [1.807, 2.05) is 0 Å². The van der Waals surface area contributed by atoms with Gasteiger partial charge in [-0.15, -0.1) is 12.4 Å². The van der Waals surface area contributed by atoms with E-state index >= 15 is 0 Å². The summed E-state index contributed by atoms with van der Waals surface area (Å²) in [5, 5.41) is 0.